The third-order valence-electron chi connectivity index (χ3n) is 14.7. The van der Waals surface area contributed by atoms with E-state index in [9.17, 15) is 58.2 Å². The molecule has 0 unspecified atom stereocenters. The molecule has 1 fully saturated rings. The number of halogens is 1. The van der Waals surface area contributed by atoms with Gasteiger partial charge >= 0.3 is 5.97 Å². The SMILES string of the molecule is CC(C)C[C@H](NC(=O)[C@H](Cc1ccccc1)NC(=O)CNC(=O)[C@@H](C)NC(=O)[C@@H](N)Cc1ccc(O)cc1)C(=O)N[C@@H](CCCN=C(N)N)C(=O)N[C@@H](CCCCN)C(=O)N[C@@H](Cc1ccc([125I])cc1)C(=O)N1CCC[C@H]1C(=O)N[C@@H](CCCCN)C(=O)O. The first-order valence-electron chi connectivity index (χ1n) is 30.1. The number of benzene rings is 3. The van der Waals surface area contributed by atoms with Gasteiger partial charge in [-0.05, 0) is 167 Å². The number of carbonyl (C=O) groups excluding carboxylic acids is 9. The van der Waals surface area contributed by atoms with Gasteiger partial charge in [-0.2, -0.15) is 0 Å². The van der Waals surface area contributed by atoms with Crippen LogP contribution in [0.15, 0.2) is 83.9 Å². The number of carboxylic acids is 1. The standard InChI is InChI=1S/C61H90IN15O12/c1-36(2)31-47(75-57(85)48(33-38-13-5-4-6-14-38)71-51(79)35-69-52(80)37(3)70-53(81)43(65)32-39-21-25-42(78)26-22-39)56(84)73-45(17-11-29-68-61(66)67)54(82)72-44(15-7-9-27-63)55(83)76-49(34-40-19-23-41(62)24-20-40)59(87)77-30-12-18-50(77)58(86)74-46(60(88)89)16-8-10-28-64/h4-6,13-14,19-26,36-37,43-50,78H,7-12,15-18,27-35,63-65H2,1-3H3,(H,69,80)(H,70,81)(H,71,79)(H,72,82)(H,73,84)(H,74,86)(H,75,85)(H,76,83)(H,88,89)(H4,66,67,68)/t37-,43+,44+,45+,46+,47+,48+,49+,50+/m1/s1/i62-2. The Morgan fingerprint density at radius 2 is 1.11 bits per heavy atom. The van der Waals surface area contributed by atoms with Crippen LogP contribution in [-0.2, 0) is 67.2 Å². The Balaban J connectivity index is 1.56. The Labute approximate surface area is 532 Å². The topological polar surface area (TPSA) is 453 Å². The number of phenolic OH excluding ortho intramolecular Hbond substituents is 1. The first-order chi connectivity index (χ1) is 42.4. The van der Waals surface area contributed by atoms with E-state index in [-0.39, 0.29) is 95.0 Å². The van der Waals surface area contributed by atoms with E-state index in [1.165, 1.54) is 24.0 Å². The molecule has 1 aliphatic rings. The van der Waals surface area contributed by atoms with Gasteiger partial charge in [0.15, 0.2) is 5.96 Å². The lowest BCUT2D eigenvalue weighted by atomic mass is 10.00. The fourth-order valence-electron chi connectivity index (χ4n) is 9.89. The number of carboxylic acid groups (broad SMARTS) is 1. The molecule has 0 aliphatic carbocycles. The minimum atomic E-state index is -1.36. The van der Waals surface area contributed by atoms with Crippen molar-refractivity contribution in [2.75, 3.05) is 32.7 Å². The highest BCUT2D eigenvalue weighted by atomic mass is 125. The van der Waals surface area contributed by atoms with E-state index in [4.69, 9.17) is 28.7 Å². The first-order valence-corrected chi connectivity index (χ1v) is 31.2. The van der Waals surface area contributed by atoms with E-state index < -0.39 is 120 Å². The van der Waals surface area contributed by atoms with E-state index in [1.807, 2.05) is 26.0 Å². The van der Waals surface area contributed by atoms with Crippen LogP contribution in [0.1, 0.15) is 108 Å². The van der Waals surface area contributed by atoms with Gasteiger partial charge in [0.05, 0.1) is 12.6 Å². The van der Waals surface area contributed by atoms with Crippen molar-refractivity contribution in [3.63, 3.8) is 0 Å². The number of likely N-dealkylation sites (tertiary alicyclic amines) is 1. The number of nitrogens with zero attached hydrogens (tertiary/aromatic N) is 2. The summed E-state index contributed by atoms with van der Waals surface area (Å²) >= 11 is 2.14. The highest BCUT2D eigenvalue weighted by Crippen LogP contribution is 2.22. The van der Waals surface area contributed by atoms with Crippen molar-refractivity contribution in [1.29, 1.82) is 0 Å². The second kappa shape index (κ2) is 38.4. The predicted molar refractivity (Wildman–Crippen MR) is 343 cm³/mol. The van der Waals surface area contributed by atoms with E-state index in [1.54, 1.807) is 54.6 Å². The summed E-state index contributed by atoms with van der Waals surface area (Å²) in [6, 6.07) is 11.1. The normalized spacial score (nSPS) is 15.5. The van der Waals surface area contributed by atoms with Crippen LogP contribution in [0.2, 0.25) is 0 Å². The number of nitrogens with one attached hydrogen (secondary N) is 8. The molecule has 27 nitrogen and oxygen atoms in total. The zero-order valence-corrected chi connectivity index (χ0v) is 53.0. The molecular formula is C61H90IN15O12. The molecule has 89 heavy (non-hydrogen) atoms. The fourth-order valence-corrected chi connectivity index (χ4v) is 10.3. The van der Waals surface area contributed by atoms with Crippen molar-refractivity contribution >= 4 is 87.7 Å². The summed E-state index contributed by atoms with van der Waals surface area (Å²) < 4.78 is 0.911. The molecule has 488 valence electrons. The number of phenols is 1. The summed E-state index contributed by atoms with van der Waals surface area (Å²) in [6.45, 7) is 5.21. The molecule has 0 saturated carbocycles. The maximum atomic E-state index is 14.7. The van der Waals surface area contributed by atoms with Gasteiger partial charge in [0.2, 0.25) is 53.2 Å². The number of amides is 9. The summed E-state index contributed by atoms with van der Waals surface area (Å²) in [5.74, 6) is -8.12. The Morgan fingerprint density at radius 1 is 0.596 bits per heavy atom. The monoisotopic (exact) mass is 1350 g/mol. The number of unbranched alkanes of at least 4 members (excludes halogenated alkanes) is 2. The summed E-state index contributed by atoms with van der Waals surface area (Å²) in [7, 11) is 0. The van der Waals surface area contributed by atoms with E-state index in [0.29, 0.717) is 55.3 Å². The van der Waals surface area contributed by atoms with Gasteiger partial charge in [-0.1, -0.05) is 68.4 Å². The van der Waals surface area contributed by atoms with E-state index in [2.05, 4.69) is 70.1 Å². The number of aliphatic imine (C=N–C) groups is 1. The number of nitrogens with two attached hydrogens (primary N) is 5. The lowest BCUT2D eigenvalue weighted by Gasteiger charge is -2.31. The van der Waals surface area contributed by atoms with Crippen LogP contribution in [0, 0.1) is 9.49 Å². The molecule has 3 aromatic carbocycles. The molecule has 1 heterocycles. The number of guanidine groups is 1. The minimum Gasteiger partial charge on any atom is -0.508 e. The molecule has 3 aromatic rings. The smallest absolute Gasteiger partial charge is 0.326 e. The number of rotatable bonds is 38. The van der Waals surface area contributed by atoms with Gasteiger partial charge in [0.1, 0.15) is 54.1 Å². The minimum absolute atomic E-state index is 0.0210. The second-order valence-electron chi connectivity index (χ2n) is 22.5. The van der Waals surface area contributed by atoms with Crippen LogP contribution in [0.5, 0.6) is 5.75 Å². The van der Waals surface area contributed by atoms with E-state index >= 15 is 0 Å². The molecule has 0 spiro atoms. The van der Waals surface area contributed by atoms with Crippen molar-refractivity contribution in [2.45, 2.75) is 165 Å². The van der Waals surface area contributed by atoms with Gasteiger partial charge in [-0.3, -0.25) is 48.1 Å². The van der Waals surface area contributed by atoms with Gasteiger partial charge < -0.3 is 86.3 Å². The Bertz CT molecular complexity index is 2850. The summed E-state index contributed by atoms with van der Waals surface area (Å²) in [5, 5.41) is 40.9. The molecule has 0 aromatic heterocycles. The molecule has 0 bridgehead atoms. The Morgan fingerprint density at radius 3 is 1.70 bits per heavy atom. The van der Waals surface area contributed by atoms with Crippen LogP contribution in [0.25, 0.3) is 0 Å². The van der Waals surface area contributed by atoms with Gasteiger partial charge in [-0.25, -0.2) is 4.79 Å². The van der Waals surface area contributed by atoms with Crippen LogP contribution < -0.4 is 71.2 Å². The van der Waals surface area contributed by atoms with Gasteiger partial charge in [0.25, 0.3) is 0 Å². The fraction of sp³-hybridized carbons (Fsp3) is 0.525. The maximum Gasteiger partial charge on any atom is 0.326 e. The number of hydrogen-bond donors (Lipinski definition) is 15. The third-order valence-corrected chi connectivity index (χ3v) is 15.4. The molecule has 4 rings (SSSR count). The van der Waals surface area contributed by atoms with E-state index in [0.717, 1.165) is 3.57 Å². The summed E-state index contributed by atoms with van der Waals surface area (Å²) in [5.41, 5.74) is 30.8. The van der Waals surface area contributed by atoms with Gasteiger partial charge in [0, 0.05) is 29.5 Å². The zero-order valence-electron chi connectivity index (χ0n) is 50.9. The maximum absolute atomic E-state index is 14.7. The molecular weight excluding hydrogens is 1260 g/mol. The van der Waals surface area contributed by atoms with Crippen LogP contribution >= 0.6 is 22.6 Å². The highest BCUT2D eigenvalue weighted by molar-refractivity contribution is 14.1. The number of aromatic hydroxyl groups is 1. The number of hydrogen-bond acceptors (Lipinski definition) is 15. The second-order valence-corrected chi connectivity index (χ2v) is 23.8. The summed E-state index contributed by atoms with van der Waals surface area (Å²) in [4.78, 5) is 144. The predicted octanol–water partition coefficient (Wildman–Crippen LogP) is -0.685. The molecule has 9 atom stereocenters. The van der Waals surface area contributed by atoms with Crippen molar-refractivity contribution in [3.05, 3.63) is 99.1 Å². The van der Waals surface area contributed by atoms with Crippen molar-refractivity contribution in [3.8, 4) is 5.75 Å². The number of aliphatic carboxylic acids is 1. The van der Waals surface area contributed by atoms with Crippen molar-refractivity contribution in [2.24, 2.45) is 39.6 Å². The Kier molecular flexibility index (Phi) is 31.8. The average Bonchev–Trinajstić information content (AvgIpc) is 2.43. The zero-order chi connectivity index (χ0) is 65.6. The van der Waals surface area contributed by atoms with Gasteiger partial charge in [-0.15, -0.1) is 0 Å². The average molecular weight is 1350 g/mol. The molecule has 1 saturated heterocycles. The third kappa shape index (κ3) is 26.3. The molecule has 28 heteroatoms. The largest absolute Gasteiger partial charge is 0.508 e. The number of carbonyl (C=O) groups is 10. The van der Waals surface area contributed by atoms with Crippen molar-refractivity contribution in [1.82, 2.24) is 47.4 Å². The van der Waals surface area contributed by atoms with Crippen molar-refractivity contribution < 1.29 is 58.2 Å². The first kappa shape index (κ1) is 73.5. The Hall–Kier alpha value is -7.96. The van der Waals surface area contributed by atoms with Crippen LogP contribution in [0.4, 0.5) is 0 Å². The highest BCUT2D eigenvalue weighted by Gasteiger charge is 2.40. The molecule has 20 N–H and O–H groups in total. The quantitative estimate of drug-likeness (QED) is 0.0146. The van der Waals surface area contributed by atoms with Crippen LogP contribution in [0.3, 0.4) is 0 Å². The lowest BCUT2D eigenvalue weighted by Crippen LogP contribution is -2.60. The molecule has 0 radical (unpaired) electrons. The lowest BCUT2D eigenvalue weighted by molar-refractivity contribution is -0.145. The summed E-state index contributed by atoms with van der Waals surface area (Å²) in [6.07, 6.45) is 2.84. The molecule has 1 aliphatic heterocycles. The van der Waals surface area contributed by atoms with Crippen LogP contribution in [-0.4, -0.2) is 167 Å². The molecule has 9 amide bonds.